The van der Waals surface area contributed by atoms with Gasteiger partial charge in [0.25, 0.3) is 0 Å². The molecule has 0 amide bonds. The third kappa shape index (κ3) is 2.66. The first kappa shape index (κ1) is 15.2. The molecule has 120 valence electrons. The first-order valence-corrected chi connectivity index (χ1v) is 7.79. The number of aliphatic hydroxyl groups excluding tert-OH is 2. The van der Waals surface area contributed by atoms with Crippen molar-refractivity contribution in [2.24, 2.45) is 11.8 Å². The summed E-state index contributed by atoms with van der Waals surface area (Å²) in [7, 11) is 0. The molecular formula is C15H23N5O2. The molecule has 2 aromatic heterocycles. The van der Waals surface area contributed by atoms with E-state index in [9.17, 15) is 10.2 Å². The van der Waals surface area contributed by atoms with Gasteiger partial charge in [-0.05, 0) is 38.5 Å². The highest BCUT2D eigenvalue weighted by molar-refractivity contribution is 5.82. The van der Waals surface area contributed by atoms with Gasteiger partial charge in [0.1, 0.15) is 11.8 Å². The van der Waals surface area contributed by atoms with Gasteiger partial charge in [0.05, 0.1) is 6.33 Å². The number of anilines is 1. The van der Waals surface area contributed by atoms with Crippen LogP contribution in [-0.4, -0.2) is 49.0 Å². The van der Waals surface area contributed by atoms with Gasteiger partial charge in [-0.15, -0.1) is 0 Å². The van der Waals surface area contributed by atoms with Crippen molar-refractivity contribution in [3.63, 3.8) is 0 Å². The number of fused-ring (bicyclic) bond motifs is 1. The van der Waals surface area contributed by atoms with Crippen molar-refractivity contribution in [1.82, 2.24) is 19.5 Å². The number of aliphatic hydroxyl groups is 2. The number of aromatic nitrogens is 4. The van der Waals surface area contributed by atoms with Crippen molar-refractivity contribution < 1.29 is 10.2 Å². The molecule has 0 aromatic carbocycles. The van der Waals surface area contributed by atoms with E-state index in [0.717, 1.165) is 29.8 Å². The quantitative estimate of drug-likeness (QED) is 0.768. The molecule has 0 bridgehead atoms. The Balaban J connectivity index is 1.92. The predicted octanol–water partition coefficient (Wildman–Crippen LogP) is 1.20. The zero-order valence-corrected chi connectivity index (χ0v) is 13.0. The summed E-state index contributed by atoms with van der Waals surface area (Å²) in [5.41, 5.74) is 1.57. The molecule has 1 fully saturated rings. The lowest BCUT2D eigenvalue weighted by molar-refractivity contribution is 0.141. The first-order chi connectivity index (χ1) is 10.6. The fourth-order valence-corrected chi connectivity index (χ4v) is 3.35. The standard InChI is InChI=1S/C15H23N5O2/c1-9(2)19-14-13-15(17-7-16-14)20(8-18-13)12-3-10(5-21)11(4-12)6-22/h7-12,21-22H,3-6H2,1-2H3,(H,16,17,19)/t10-,11-/m1/s1. The van der Waals surface area contributed by atoms with Gasteiger partial charge in [-0.1, -0.05) is 0 Å². The second-order valence-corrected chi connectivity index (χ2v) is 6.36. The highest BCUT2D eigenvalue weighted by atomic mass is 16.3. The third-order valence-electron chi connectivity index (χ3n) is 4.46. The van der Waals surface area contributed by atoms with Crippen LogP contribution >= 0.6 is 0 Å². The largest absolute Gasteiger partial charge is 0.396 e. The van der Waals surface area contributed by atoms with Crippen LogP contribution in [-0.2, 0) is 0 Å². The molecule has 3 rings (SSSR count). The number of hydrogen-bond donors (Lipinski definition) is 3. The van der Waals surface area contributed by atoms with Crippen LogP contribution in [0.5, 0.6) is 0 Å². The second kappa shape index (κ2) is 6.18. The third-order valence-corrected chi connectivity index (χ3v) is 4.46. The monoisotopic (exact) mass is 305 g/mol. The van der Waals surface area contributed by atoms with Crippen LogP contribution in [0.3, 0.4) is 0 Å². The number of nitrogens with zero attached hydrogens (tertiary/aromatic N) is 4. The van der Waals surface area contributed by atoms with Crippen molar-refractivity contribution in [1.29, 1.82) is 0 Å². The first-order valence-electron chi connectivity index (χ1n) is 7.79. The minimum atomic E-state index is 0.115. The van der Waals surface area contributed by atoms with Crippen LogP contribution in [0.2, 0.25) is 0 Å². The van der Waals surface area contributed by atoms with Gasteiger partial charge in [0, 0.05) is 25.3 Å². The Morgan fingerprint density at radius 2 is 1.86 bits per heavy atom. The van der Waals surface area contributed by atoms with E-state index < -0.39 is 0 Å². The maximum absolute atomic E-state index is 9.47. The molecule has 2 atom stereocenters. The van der Waals surface area contributed by atoms with Crippen LogP contribution < -0.4 is 5.32 Å². The summed E-state index contributed by atoms with van der Waals surface area (Å²) >= 11 is 0. The van der Waals surface area contributed by atoms with Crippen molar-refractivity contribution >= 4 is 17.0 Å². The molecule has 0 spiro atoms. The molecule has 3 N–H and O–H groups in total. The number of imidazole rings is 1. The Hall–Kier alpha value is -1.73. The molecule has 1 aliphatic carbocycles. The molecule has 7 heteroatoms. The smallest absolute Gasteiger partial charge is 0.165 e. The molecule has 22 heavy (non-hydrogen) atoms. The molecule has 0 unspecified atom stereocenters. The number of nitrogens with one attached hydrogen (secondary N) is 1. The van der Waals surface area contributed by atoms with Crippen molar-refractivity contribution in [3.05, 3.63) is 12.7 Å². The molecule has 2 aromatic rings. The number of rotatable bonds is 5. The highest BCUT2D eigenvalue weighted by Crippen LogP contribution is 2.40. The second-order valence-electron chi connectivity index (χ2n) is 6.36. The Morgan fingerprint density at radius 1 is 1.18 bits per heavy atom. The molecule has 0 saturated heterocycles. The van der Waals surface area contributed by atoms with Gasteiger partial charge in [-0.3, -0.25) is 0 Å². The highest BCUT2D eigenvalue weighted by Gasteiger charge is 2.35. The van der Waals surface area contributed by atoms with Gasteiger partial charge < -0.3 is 20.1 Å². The zero-order chi connectivity index (χ0) is 15.7. The van der Waals surface area contributed by atoms with Crippen molar-refractivity contribution in [2.45, 2.75) is 38.8 Å². The van der Waals surface area contributed by atoms with E-state index >= 15 is 0 Å². The normalized spacial score (nSPS) is 22.8. The van der Waals surface area contributed by atoms with Crippen LogP contribution in [0, 0.1) is 11.8 Å². The molecule has 1 aliphatic rings. The van der Waals surface area contributed by atoms with Gasteiger partial charge in [0.2, 0.25) is 0 Å². The van der Waals surface area contributed by atoms with Gasteiger partial charge in [-0.25, -0.2) is 15.0 Å². The fourth-order valence-electron chi connectivity index (χ4n) is 3.35. The average molecular weight is 305 g/mol. The Labute approximate surface area is 129 Å². The Kier molecular flexibility index (Phi) is 4.26. The summed E-state index contributed by atoms with van der Waals surface area (Å²) in [5, 5.41) is 22.2. The Morgan fingerprint density at radius 3 is 2.45 bits per heavy atom. The summed E-state index contributed by atoms with van der Waals surface area (Å²) in [5.74, 6) is 1.03. The van der Waals surface area contributed by atoms with Crippen LogP contribution in [0.4, 0.5) is 5.82 Å². The maximum atomic E-state index is 9.47. The predicted molar refractivity (Wildman–Crippen MR) is 83.5 cm³/mol. The average Bonchev–Trinajstić information content (AvgIpc) is 3.10. The van der Waals surface area contributed by atoms with Crippen molar-refractivity contribution in [3.8, 4) is 0 Å². The minimum absolute atomic E-state index is 0.115. The van der Waals surface area contributed by atoms with E-state index in [2.05, 4.69) is 38.7 Å². The van der Waals surface area contributed by atoms with Crippen LogP contribution in [0.15, 0.2) is 12.7 Å². The van der Waals surface area contributed by atoms with E-state index in [-0.39, 0.29) is 37.1 Å². The number of hydrogen-bond acceptors (Lipinski definition) is 6. The topological polar surface area (TPSA) is 96.1 Å². The van der Waals surface area contributed by atoms with Gasteiger partial charge >= 0.3 is 0 Å². The molecule has 0 radical (unpaired) electrons. The van der Waals surface area contributed by atoms with Gasteiger partial charge in [0.15, 0.2) is 11.5 Å². The van der Waals surface area contributed by atoms with E-state index in [4.69, 9.17) is 0 Å². The van der Waals surface area contributed by atoms with E-state index in [1.54, 1.807) is 12.7 Å². The van der Waals surface area contributed by atoms with E-state index in [1.807, 2.05) is 0 Å². The lowest BCUT2D eigenvalue weighted by Crippen LogP contribution is -2.15. The zero-order valence-electron chi connectivity index (χ0n) is 13.0. The molecule has 0 aliphatic heterocycles. The molecule has 1 saturated carbocycles. The maximum Gasteiger partial charge on any atom is 0.165 e. The summed E-state index contributed by atoms with van der Waals surface area (Å²) < 4.78 is 2.06. The lowest BCUT2D eigenvalue weighted by atomic mass is 9.98. The summed E-state index contributed by atoms with van der Waals surface area (Å²) in [6, 6.07) is 0.480. The summed E-state index contributed by atoms with van der Waals surface area (Å²) in [6.07, 6.45) is 5.02. The summed E-state index contributed by atoms with van der Waals surface area (Å²) in [4.78, 5) is 13.1. The minimum Gasteiger partial charge on any atom is -0.396 e. The van der Waals surface area contributed by atoms with Crippen molar-refractivity contribution in [2.75, 3.05) is 18.5 Å². The lowest BCUT2D eigenvalue weighted by Gasteiger charge is -2.13. The SMILES string of the molecule is CC(C)Nc1ncnc2c1ncn2C1C[C@H](CO)[C@@H](CO)C1. The molecule has 7 nitrogen and oxygen atoms in total. The van der Waals surface area contributed by atoms with Crippen LogP contribution in [0.1, 0.15) is 32.7 Å². The Bertz CT molecular complexity index is 630. The molecule has 2 heterocycles. The van der Waals surface area contributed by atoms with Gasteiger partial charge in [-0.2, -0.15) is 0 Å². The fraction of sp³-hybridized carbons (Fsp3) is 0.667. The molecular weight excluding hydrogens is 282 g/mol. The van der Waals surface area contributed by atoms with E-state index in [0.29, 0.717) is 0 Å². The summed E-state index contributed by atoms with van der Waals surface area (Å²) in [6.45, 7) is 4.34. The van der Waals surface area contributed by atoms with E-state index in [1.165, 1.54) is 0 Å². The van der Waals surface area contributed by atoms with Crippen LogP contribution in [0.25, 0.3) is 11.2 Å².